The summed E-state index contributed by atoms with van der Waals surface area (Å²) in [7, 11) is 0. The number of nitrogens with zero attached hydrogens (tertiary/aromatic N) is 5. The molecule has 0 atom stereocenters. The van der Waals surface area contributed by atoms with Gasteiger partial charge in [-0.25, -0.2) is 4.39 Å². The van der Waals surface area contributed by atoms with Gasteiger partial charge in [0, 0.05) is 23.9 Å². The molecular weight excluding hydrogens is 467 g/mol. The second-order valence-corrected chi connectivity index (χ2v) is 10.4. The van der Waals surface area contributed by atoms with Crippen LogP contribution in [0.25, 0.3) is 0 Å². The van der Waals surface area contributed by atoms with Crippen LogP contribution >= 0.6 is 34.4 Å². The van der Waals surface area contributed by atoms with E-state index in [9.17, 15) is 9.18 Å². The lowest BCUT2D eigenvalue weighted by molar-refractivity contribution is 0.0950. The van der Waals surface area contributed by atoms with E-state index in [1.165, 1.54) is 28.3 Å². The van der Waals surface area contributed by atoms with Gasteiger partial charge in [-0.2, -0.15) is 0 Å². The van der Waals surface area contributed by atoms with Crippen molar-refractivity contribution in [2.75, 3.05) is 0 Å². The van der Waals surface area contributed by atoms with Crippen LogP contribution in [-0.2, 0) is 18.7 Å². The van der Waals surface area contributed by atoms with E-state index in [0.29, 0.717) is 23.3 Å². The van der Waals surface area contributed by atoms with Crippen molar-refractivity contribution < 1.29 is 9.18 Å². The Morgan fingerprint density at radius 2 is 2.00 bits per heavy atom. The summed E-state index contributed by atoms with van der Waals surface area (Å²) in [6, 6.07) is 10.7. The van der Waals surface area contributed by atoms with Crippen molar-refractivity contribution in [2.45, 2.75) is 42.8 Å². The fourth-order valence-corrected chi connectivity index (χ4v) is 5.65. The van der Waals surface area contributed by atoms with Crippen LogP contribution in [0.1, 0.15) is 50.0 Å². The molecule has 7 nitrogen and oxygen atoms in total. The number of halogens is 1. The molecule has 5 rings (SSSR count). The van der Waals surface area contributed by atoms with Crippen LogP contribution in [-0.4, -0.2) is 30.9 Å². The first kappa shape index (κ1) is 21.2. The number of hydrogen-bond donors (Lipinski definition) is 1. The highest BCUT2D eigenvalue weighted by atomic mass is 32.2. The molecule has 3 aromatic heterocycles. The number of thiophene rings is 1. The van der Waals surface area contributed by atoms with Gasteiger partial charge in [0.1, 0.15) is 16.6 Å². The third kappa shape index (κ3) is 5.05. The Balaban J connectivity index is 1.19. The van der Waals surface area contributed by atoms with Crippen LogP contribution < -0.4 is 5.32 Å². The van der Waals surface area contributed by atoms with Crippen molar-refractivity contribution in [3.05, 3.63) is 73.9 Å². The number of rotatable bonds is 9. The fourth-order valence-electron chi connectivity index (χ4n) is 3.19. The first-order valence-corrected chi connectivity index (χ1v) is 12.8. The third-order valence-corrected chi connectivity index (χ3v) is 7.85. The second-order valence-electron chi connectivity index (χ2n) is 7.35. The number of benzene rings is 1. The summed E-state index contributed by atoms with van der Waals surface area (Å²) >= 11 is 4.57. The highest BCUT2D eigenvalue weighted by Crippen LogP contribution is 2.40. The lowest BCUT2D eigenvalue weighted by Crippen LogP contribution is -2.22. The highest BCUT2D eigenvalue weighted by molar-refractivity contribution is 7.98. The minimum atomic E-state index is -0.303. The van der Waals surface area contributed by atoms with Gasteiger partial charge in [-0.3, -0.25) is 4.79 Å². The van der Waals surface area contributed by atoms with Crippen LogP contribution in [0.3, 0.4) is 0 Å². The van der Waals surface area contributed by atoms with Crippen LogP contribution in [0.15, 0.2) is 46.9 Å². The molecular formula is C21H19FN6OS3. The van der Waals surface area contributed by atoms with Crippen LogP contribution in [0.4, 0.5) is 4.39 Å². The van der Waals surface area contributed by atoms with E-state index in [1.54, 1.807) is 35.2 Å². The maximum Gasteiger partial charge on any atom is 0.282 e. The summed E-state index contributed by atoms with van der Waals surface area (Å²) in [5, 5.41) is 23.8. The topological polar surface area (TPSA) is 85.6 Å². The van der Waals surface area contributed by atoms with E-state index in [4.69, 9.17) is 0 Å². The molecule has 1 saturated carbocycles. The molecule has 32 heavy (non-hydrogen) atoms. The van der Waals surface area contributed by atoms with Gasteiger partial charge in [0.25, 0.3) is 5.91 Å². The monoisotopic (exact) mass is 486 g/mol. The van der Waals surface area contributed by atoms with Crippen molar-refractivity contribution in [2.24, 2.45) is 0 Å². The smallest absolute Gasteiger partial charge is 0.282 e. The van der Waals surface area contributed by atoms with Crippen LogP contribution in [0.5, 0.6) is 0 Å². The molecule has 1 aliphatic rings. The molecule has 1 N–H and O–H groups in total. The van der Waals surface area contributed by atoms with E-state index >= 15 is 0 Å². The molecule has 164 valence electrons. The molecule has 0 radical (unpaired) electrons. The van der Waals surface area contributed by atoms with Gasteiger partial charge in [-0.05, 0) is 42.0 Å². The molecule has 11 heteroatoms. The summed E-state index contributed by atoms with van der Waals surface area (Å²) in [6.45, 7) is 0.306. The summed E-state index contributed by atoms with van der Waals surface area (Å²) in [6.07, 6.45) is 3.10. The molecule has 1 fully saturated rings. The van der Waals surface area contributed by atoms with Gasteiger partial charge in [-0.15, -0.1) is 31.7 Å². The molecule has 1 aromatic carbocycles. The van der Waals surface area contributed by atoms with Crippen LogP contribution in [0.2, 0.25) is 0 Å². The predicted molar refractivity (Wildman–Crippen MR) is 122 cm³/mol. The Hall–Kier alpha value is -2.63. The van der Waals surface area contributed by atoms with Crippen molar-refractivity contribution in [3.63, 3.8) is 0 Å². The van der Waals surface area contributed by atoms with Gasteiger partial charge in [0.15, 0.2) is 5.16 Å². The number of carbonyl (C=O) groups is 1. The SMILES string of the molecule is O=C(NCc1ccc(F)cc1)c1nnc(CSc2nnc(Cc3cccs3)n2C2CC2)s1. The molecule has 3 heterocycles. The van der Waals surface area contributed by atoms with Gasteiger partial charge < -0.3 is 9.88 Å². The van der Waals surface area contributed by atoms with Gasteiger partial charge in [0.2, 0.25) is 5.01 Å². The van der Waals surface area contributed by atoms with Gasteiger partial charge in [0.05, 0.1) is 5.75 Å². The average molecular weight is 487 g/mol. The zero-order valence-corrected chi connectivity index (χ0v) is 19.4. The van der Waals surface area contributed by atoms with Crippen LogP contribution in [0, 0.1) is 5.82 Å². The van der Waals surface area contributed by atoms with E-state index in [0.717, 1.165) is 40.8 Å². The maximum absolute atomic E-state index is 13.0. The minimum Gasteiger partial charge on any atom is -0.346 e. The molecule has 0 bridgehead atoms. The molecule has 4 aromatic rings. The summed E-state index contributed by atoms with van der Waals surface area (Å²) in [5.74, 6) is 0.979. The quantitative estimate of drug-likeness (QED) is 0.351. The number of hydrogen-bond acceptors (Lipinski definition) is 8. The molecule has 1 amide bonds. The van der Waals surface area contributed by atoms with Crippen molar-refractivity contribution in [3.8, 4) is 0 Å². The number of aromatic nitrogens is 5. The normalized spacial score (nSPS) is 13.4. The van der Waals surface area contributed by atoms with E-state index in [2.05, 4.69) is 47.8 Å². The van der Waals surface area contributed by atoms with Crippen molar-refractivity contribution >= 4 is 40.3 Å². The zero-order valence-electron chi connectivity index (χ0n) is 16.9. The van der Waals surface area contributed by atoms with Gasteiger partial charge >= 0.3 is 0 Å². The lowest BCUT2D eigenvalue weighted by atomic mass is 10.2. The van der Waals surface area contributed by atoms with Crippen molar-refractivity contribution in [1.29, 1.82) is 0 Å². The summed E-state index contributed by atoms with van der Waals surface area (Å²) < 4.78 is 15.2. The Labute approximate surface area is 196 Å². The Kier molecular flexibility index (Phi) is 6.28. The van der Waals surface area contributed by atoms with E-state index < -0.39 is 0 Å². The zero-order chi connectivity index (χ0) is 21.9. The first-order valence-electron chi connectivity index (χ1n) is 10.1. The standard InChI is InChI=1S/C21H19FN6OS3/c22-14-5-3-13(4-6-14)11-23-19(29)20-26-25-18(32-20)12-31-21-27-24-17(28(21)15-7-8-15)10-16-2-1-9-30-16/h1-6,9,15H,7-8,10-12H2,(H,23,29). The molecule has 1 aliphatic carbocycles. The fraction of sp³-hybridized carbons (Fsp3) is 0.286. The average Bonchev–Trinajstić information content (AvgIpc) is 3.19. The minimum absolute atomic E-state index is 0.289. The molecule has 0 aliphatic heterocycles. The number of thioether (sulfide) groups is 1. The number of nitrogens with one attached hydrogen (secondary N) is 1. The molecule has 0 unspecified atom stereocenters. The highest BCUT2D eigenvalue weighted by Gasteiger charge is 2.30. The Bertz CT molecular complexity index is 1200. The van der Waals surface area contributed by atoms with Gasteiger partial charge in [-0.1, -0.05) is 41.3 Å². The first-order chi connectivity index (χ1) is 15.7. The number of carbonyl (C=O) groups excluding carboxylic acids is 1. The van der Waals surface area contributed by atoms with E-state index in [1.807, 2.05) is 0 Å². The maximum atomic E-state index is 13.0. The number of amides is 1. The van der Waals surface area contributed by atoms with Crippen molar-refractivity contribution in [1.82, 2.24) is 30.3 Å². The second kappa shape index (κ2) is 9.47. The Morgan fingerprint density at radius 1 is 1.16 bits per heavy atom. The summed E-state index contributed by atoms with van der Waals surface area (Å²) in [5.41, 5.74) is 0.817. The lowest BCUT2D eigenvalue weighted by Gasteiger charge is -2.07. The Morgan fingerprint density at radius 3 is 2.75 bits per heavy atom. The predicted octanol–water partition coefficient (Wildman–Crippen LogP) is 4.48. The summed E-state index contributed by atoms with van der Waals surface area (Å²) in [4.78, 5) is 13.6. The molecule has 0 spiro atoms. The third-order valence-electron chi connectivity index (χ3n) is 4.91. The largest absolute Gasteiger partial charge is 0.346 e. The van der Waals surface area contributed by atoms with E-state index in [-0.39, 0.29) is 11.7 Å². The molecule has 0 saturated heterocycles.